The zero-order valence-corrected chi connectivity index (χ0v) is 10.6. The highest BCUT2D eigenvalue weighted by Gasteiger charge is 2.12. The summed E-state index contributed by atoms with van der Waals surface area (Å²) in [4.78, 5) is 2.21. The van der Waals surface area contributed by atoms with Crippen LogP contribution >= 0.6 is 11.8 Å². The van der Waals surface area contributed by atoms with Crippen LogP contribution in [0.3, 0.4) is 0 Å². The topological polar surface area (TPSA) is 35.5 Å². The summed E-state index contributed by atoms with van der Waals surface area (Å²) < 4.78 is 0. The van der Waals surface area contributed by atoms with Gasteiger partial charge in [-0.3, -0.25) is 0 Å². The molecule has 0 fully saturated rings. The molecule has 2 unspecified atom stereocenters. The third-order valence-corrected chi connectivity index (χ3v) is 3.10. The average Bonchev–Trinajstić information content (AvgIpc) is 2.15. The molecule has 0 aliphatic heterocycles. The molecule has 0 saturated carbocycles. The van der Waals surface area contributed by atoms with Crippen molar-refractivity contribution in [2.45, 2.75) is 26.0 Å². The van der Waals surface area contributed by atoms with Gasteiger partial charge in [-0.2, -0.15) is 11.8 Å². The first-order valence-corrected chi connectivity index (χ1v) is 6.59. The Kier molecular flexibility index (Phi) is 8.67. The maximum Gasteiger partial charge on any atom is 0.0791 e. The highest BCUT2D eigenvalue weighted by molar-refractivity contribution is 7.98. The molecule has 86 valence electrons. The lowest BCUT2D eigenvalue weighted by atomic mass is 10.2. The van der Waals surface area contributed by atoms with E-state index in [-0.39, 0.29) is 6.10 Å². The number of aliphatic hydroxyl groups excluding tert-OH is 1. The number of nitrogens with zero attached hydrogens (tertiary/aromatic N) is 1. The Morgan fingerprint density at radius 1 is 1.50 bits per heavy atom. The quantitative estimate of drug-likeness (QED) is 0.629. The summed E-state index contributed by atoms with van der Waals surface area (Å²) in [6, 6.07) is 0.529. The summed E-state index contributed by atoms with van der Waals surface area (Å²) in [7, 11) is 2.07. The molecule has 0 aliphatic carbocycles. The van der Waals surface area contributed by atoms with Gasteiger partial charge in [0.25, 0.3) is 0 Å². The zero-order valence-electron chi connectivity index (χ0n) is 9.79. The molecule has 2 N–H and O–H groups in total. The molecule has 0 saturated heterocycles. The van der Waals surface area contributed by atoms with Crippen molar-refractivity contribution in [3.05, 3.63) is 0 Å². The van der Waals surface area contributed by atoms with Crippen molar-refractivity contribution in [3.63, 3.8) is 0 Å². The number of likely N-dealkylation sites (N-methyl/N-ethyl adjacent to an activating group) is 2. The molecule has 0 heterocycles. The van der Waals surface area contributed by atoms with E-state index in [1.807, 2.05) is 18.7 Å². The Balaban J connectivity index is 3.63. The molecule has 0 aromatic carbocycles. The van der Waals surface area contributed by atoms with Gasteiger partial charge in [0.05, 0.1) is 6.10 Å². The molecule has 14 heavy (non-hydrogen) atoms. The first-order chi connectivity index (χ1) is 6.61. The lowest BCUT2D eigenvalue weighted by molar-refractivity contribution is 0.112. The molecule has 0 amide bonds. The number of nitrogens with one attached hydrogen (secondary N) is 1. The zero-order chi connectivity index (χ0) is 11.0. The van der Waals surface area contributed by atoms with E-state index in [4.69, 9.17) is 0 Å². The third kappa shape index (κ3) is 6.65. The van der Waals surface area contributed by atoms with Crippen molar-refractivity contribution in [2.24, 2.45) is 0 Å². The van der Waals surface area contributed by atoms with Gasteiger partial charge in [-0.25, -0.2) is 0 Å². The fraction of sp³-hybridized carbons (Fsp3) is 1.00. The van der Waals surface area contributed by atoms with Crippen LogP contribution in [0.4, 0.5) is 0 Å². The van der Waals surface area contributed by atoms with Crippen molar-refractivity contribution >= 4 is 11.8 Å². The van der Waals surface area contributed by atoms with Crippen LogP contribution in [0.5, 0.6) is 0 Å². The highest BCUT2D eigenvalue weighted by Crippen LogP contribution is 2.03. The van der Waals surface area contributed by atoms with Crippen LogP contribution in [0.25, 0.3) is 0 Å². The summed E-state index contributed by atoms with van der Waals surface area (Å²) in [6.07, 6.45) is 1.85. The SMILES string of the molecule is CCNCC(O)CN(C)C(C)CSC. The van der Waals surface area contributed by atoms with Crippen LogP contribution in [0.2, 0.25) is 0 Å². The standard InChI is InChI=1S/C10H24N2OS/c1-5-11-6-10(13)7-12(3)9(2)8-14-4/h9-11,13H,5-8H2,1-4H3. The van der Waals surface area contributed by atoms with Crippen LogP contribution in [-0.2, 0) is 0 Å². The van der Waals surface area contributed by atoms with Gasteiger partial charge in [-0.15, -0.1) is 0 Å². The first-order valence-electron chi connectivity index (χ1n) is 5.19. The largest absolute Gasteiger partial charge is 0.390 e. The molecule has 0 aromatic rings. The molecule has 0 rings (SSSR count). The lowest BCUT2D eigenvalue weighted by Crippen LogP contribution is -2.41. The maximum absolute atomic E-state index is 9.66. The number of thioether (sulfide) groups is 1. The van der Waals surface area contributed by atoms with E-state index in [0.717, 1.165) is 18.8 Å². The molecular formula is C10H24N2OS. The molecule has 4 heteroatoms. The van der Waals surface area contributed by atoms with Crippen LogP contribution < -0.4 is 5.32 Å². The van der Waals surface area contributed by atoms with Gasteiger partial charge >= 0.3 is 0 Å². The van der Waals surface area contributed by atoms with E-state index in [1.54, 1.807) is 0 Å². The molecule has 3 nitrogen and oxygen atoms in total. The number of hydrogen-bond donors (Lipinski definition) is 2. The van der Waals surface area contributed by atoms with E-state index in [9.17, 15) is 5.11 Å². The van der Waals surface area contributed by atoms with Crippen LogP contribution in [0.15, 0.2) is 0 Å². The summed E-state index contributed by atoms with van der Waals surface area (Å²) >= 11 is 1.84. The van der Waals surface area contributed by atoms with E-state index < -0.39 is 0 Å². The van der Waals surface area contributed by atoms with Crippen molar-refractivity contribution in [3.8, 4) is 0 Å². The Hall–Kier alpha value is 0.230. The lowest BCUT2D eigenvalue weighted by Gasteiger charge is -2.26. The van der Waals surface area contributed by atoms with Crippen molar-refractivity contribution < 1.29 is 5.11 Å². The normalized spacial score (nSPS) is 15.9. The molecule has 0 radical (unpaired) electrons. The number of hydrogen-bond acceptors (Lipinski definition) is 4. The van der Waals surface area contributed by atoms with Gasteiger partial charge in [0.15, 0.2) is 0 Å². The summed E-state index contributed by atoms with van der Waals surface area (Å²) in [6.45, 7) is 6.59. The highest BCUT2D eigenvalue weighted by atomic mass is 32.2. The Labute approximate surface area is 92.3 Å². The van der Waals surface area contributed by atoms with Crippen LogP contribution in [0.1, 0.15) is 13.8 Å². The second-order valence-corrected chi connectivity index (χ2v) is 4.62. The first kappa shape index (κ1) is 14.2. The Morgan fingerprint density at radius 2 is 2.14 bits per heavy atom. The van der Waals surface area contributed by atoms with Gasteiger partial charge in [0.1, 0.15) is 0 Å². The minimum Gasteiger partial charge on any atom is -0.390 e. The maximum atomic E-state index is 9.66. The Bertz CT molecular complexity index is 135. The Morgan fingerprint density at radius 3 is 2.64 bits per heavy atom. The fourth-order valence-electron chi connectivity index (χ4n) is 1.26. The van der Waals surface area contributed by atoms with E-state index in [1.165, 1.54) is 0 Å². The van der Waals surface area contributed by atoms with Gasteiger partial charge in [0.2, 0.25) is 0 Å². The van der Waals surface area contributed by atoms with Gasteiger partial charge in [-0.1, -0.05) is 6.92 Å². The smallest absolute Gasteiger partial charge is 0.0791 e. The summed E-state index contributed by atoms with van der Waals surface area (Å²) in [5.41, 5.74) is 0. The van der Waals surface area contributed by atoms with E-state index in [2.05, 4.69) is 30.4 Å². The minimum atomic E-state index is -0.260. The van der Waals surface area contributed by atoms with Crippen LogP contribution in [0, 0.1) is 0 Å². The molecule has 0 aromatic heterocycles. The predicted octanol–water partition coefficient (Wildman–Crippen LogP) is 0.640. The average molecular weight is 220 g/mol. The number of aliphatic hydroxyl groups is 1. The second kappa shape index (κ2) is 8.53. The monoisotopic (exact) mass is 220 g/mol. The number of rotatable bonds is 8. The second-order valence-electron chi connectivity index (χ2n) is 3.71. The molecular weight excluding hydrogens is 196 g/mol. The minimum absolute atomic E-state index is 0.260. The van der Waals surface area contributed by atoms with Crippen molar-refractivity contribution in [1.29, 1.82) is 0 Å². The van der Waals surface area contributed by atoms with Crippen molar-refractivity contribution in [2.75, 3.05) is 38.7 Å². The van der Waals surface area contributed by atoms with Gasteiger partial charge < -0.3 is 15.3 Å². The van der Waals surface area contributed by atoms with Gasteiger partial charge in [-0.05, 0) is 26.8 Å². The predicted molar refractivity (Wildman–Crippen MR) is 65.0 cm³/mol. The molecule has 0 spiro atoms. The van der Waals surface area contributed by atoms with Crippen LogP contribution in [-0.4, -0.2) is 60.8 Å². The van der Waals surface area contributed by atoms with Gasteiger partial charge in [0, 0.05) is 24.9 Å². The third-order valence-electron chi connectivity index (χ3n) is 2.29. The molecule has 0 bridgehead atoms. The fourth-order valence-corrected chi connectivity index (χ4v) is 1.99. The van der Waals surface area contributed by atoms with Crippen molar-refractivity contribution in [1.82, 2.24) is 10.2 Å². The summed E-state index contributed by atoms with van der Waals surface area (Å²) in [5, 5.41) is 12.8. The van der Waals surface area contributed by atoms with E-state index in [0.29, 0.717) is 12.6 Å². The van der Waals surface area contributed by atoms with E-state index >= 15 is 0 Å². The molecule has 0 aliphatic rings. The summed E-state index contributed by atoms with van der Waals surface area (Å²) in [5.74, 6) is 1.12. The molecule has 2 atom stereocenters.